The number of thioether (sulfide) groups is 1. The third-order valence-electron chi connectivity index (χ3n) is 6.62. The largest absolute Gasteiger partial charge is 0.338 e. The van der Waals surface area contributed by atoms with Gasteiger partial charge in [0, 0.05) is 50.0 Å². The first-order valence-electron chi connectivity index (χ1n) is 13.1. The summed E-state index contributed by atoms with van der Waals surface area (Å²) in [5.41, 5.74) is 4.95. The van der Waals surface area contributed by atoms with Crippen LogP contribution in [0.2, 0.25) is 0 Å². The van der Waals surface area contributed by atoms with Crippen molar-refractivity contribution in [3.05, 3.63) is 129 Å². The SMILES string of the molecule is Cc1nc(SCCCC(=O)N(CCc2ccccc2)Cc2ccccc2)n(C)c(=O)c1Cc1ccccc1. The zero-order valence-corrected chi connectivity index (χ0v) is 23.0. The van der Waals surface area contributed by atoms with E-state index in [0.29, 0.717) is 31.1 Å². The number of nitrogens with zero attached hydrogens (tertiary/aromatic N) is 3. The van der Waals surface area contributed by atoms with Crippen molar-refractivity contribution in [2.45, 2.75) is 44.3 Å². The van der Waals surface area contributed by atoms with Crippen LogP contribution in [0.25, 0.3) is 0 Å². The molecule has 5 nitrogen and oxygen atoms in total. The van der Waals surface area contributed by atoms with Gasteiger partial charge in [0.05, 0.1) is 0 Å². The topological polar surface area (TPSA) is 55.2 Å². The molecular weight excluding hydrogens is 490 g/mol. The number of hydrogen-bond acceptors (Lipinski definition) is 4. The Labute approximate surface area is 229 Å². The van der Waals surface area contributed by atoms with Gasteiger partial charge < -0.3 is 4.90 Å². The average molecular weight is 526 g/mol. The van der Waals surface area contributed by atoms with Crippen molar-refractivity contribution >= 4 is 17.7 Å². The highest BCUT2D eigenvalue weighted by Gasteiger charge is 2.16. The molecule has 6 heteroatoms. The summed E-state index contributed by atoms with van der Waals surface area (Å²) in [6.45, 7) is 3.20. The molecule has 4 aromatic rings. The maximum absolute atomic E-state index is 13.2. The quantitative estimate of drug-likeness (QED) is 0.133. The second-order valence-electron chi connectivity index (χ2n) is 9.47. The maximum Gasteiger partial charge on any atom is 0.257 e. The van der Waals surface area contributed by atoms with E-state index in [9.17, 15) is 9.59 Å². The molecule has 38 heavy (non-hydrogen) atoms. The van der Waals surface area contributed by atoms with Crippen LogP contribution in [-0.2, 0) is 31.2 Å². The van der Waals surface area contributed by atoms with E-state index < -0.39 is 0 Å². The molecule has 0 N–H and O–H groups in total. The number of carbonyl (C=O) groups is 1. The molecule has 0 fully saturated rings. The van der Waals surface area contributed by atoms with E-state index in [2.05, 4.69) is 24.3 Å². The Morgan fingerprint density at radius 1 is 0.868 bits per heavy atom. The minimum Gasteiger partial charge on any atom is -0.338 e. The summed E-state index contributed by atoms with van der Waals surface area (Å²) < 4.78 is 1.64. The Morgan fingerprint density at radius 2 is 1.45 bits per heavy atom. The van der Waals surface area contributed by atoms with Gasteiger partial charge in [0.1, 0.15) is 0 Å². The van der Waals surface area contributed by atoms with Crippen LogP contribution in [-0.4, -0.2) is 32.7 Å². The number of aryl methyl sites for hydroxylation is 1. The van der Waals surface area contributed by atoms with E-state index in [-0.39, 0.29) is 11.5 Å². The van der Waals surface area contributed by atoms with Gasteiger partial charge in [-0.05, 0) is 36.5 Å². The third kappa shape index (κ3) is 7.68. The standard InChI is InChI=1S/C32H35N3O2S/c1-25-29(23-27-15-8-4-9-16-27)31(37)34(2)32(33-25)38-22-12-19-30(36)35(24-28-17-10-5-11-18-28)21-20-26-13-6-3-7-14-26/h3-11,13-18H,12,19-24H2,1-2H3. The predicted molar refractivity (Wildman–Crippen MR) is 155 cm³/mol. The van der Waals surface area contributed by atoms with Crippen molar-refractivity contribution in [3.63, 3.8) is 0 Å². The summed E-state index contributed by atoms with van der Waals surface area (Å²) in [6, 6.07) is 30.4. The second kappa shape index (κ2) is 13.8. The fourth-order valence-corrected chi connectivity index (χ4v) is 5.36. The van der Waals surface area contributed by atoms with Gasteiger partial charge in [-0.2, -0.15) is 0 Å². The van der Waals surface area contributed by atoms with Crippen molar-refractivity contribution in [1.82, 2.24) is 14.5 Å². The zero-order chi connectivity index (χ0) is 26.7. The molecule has 0 bridgehead atoms. The highest BCUT2D eigenvalue weighted by molar-refractivity contribution is 7.99. The van der Waals surface area contributed by atoms with E-state index in [1.807, 2.05) is 78.6 Å². The van der Waals surface area contributed by atoms with E-state index in [1.165, 1.54) is 17.3 Å². The average Bonchev–Trinajstić information content (AvgIpc) is 2.95. The van der Waals surface area contributed by atoms with Crippen LogP contribution in [0.1, 0.15) is 40.8 Å². The Morgan fingerprint density at radius 3 is 2.08 bits per heavy atom. The lowest BCUT2D eigenvalue weighted by Crippen LogP contribution is -2.32. The van der Waals surface area contributed by atoms with Gasteiger partial charge in [0.25, 0.3) is 5.56 Å². The highest BCUT2D eigenvalue weighted by atomic mass is 32.2. The molecule has 0 aliphatic heterocycles. The minimum absolute atomic E-state index is 0.00474. The lowest BCUT2D eigenvalue weighted by Gasteiger charge is -2.23. The van der Waals surface area contributed by atoms with Crippen LogP contribution in [0, 0.1) is 6.92 Å². The van der Waals surface area contributed by atoms with Crippen molar-refractivity contribution in [1.29, 1.82) is 0 Å². The van der Waals surface area contributed by atoms with Crippen molar-refractivity contribution in [3.8, 4) is 0 Å². The maximum atomic E-state index is 13.2. The summed E-state index contributed by atoms with van der Waals surface area (Å²) in [4.78, 5) is 33.0. The van der Waals surface area contributed by atoms with Crippen LogP contribution in [0.4, 0.5) is 0 Å². The Kier molecular flexibility index (Phi) is 9.93. The van der Waals surface area contributed by atoms with Crippen molar-refractivity contribution < 1.29 is 4.79 Å². The van der Waals surface area contributed by atoms with Gasteiger partial charge in [-0.3, -0.25) is 14.2 Å². The van der Waals surface area contributed by atoms with Gasteiger partial charge in [0.2, 0.25) is 5.91 Å². The number of carbonyl (C=O) groups excluding carboxylic acids is 1. The molecule has 0 aliphatic carbocycles. The molecule has 1 heterocycles. The number of aromatic nitrogens is 2. The molecule has 0 aliphatic rings. The van der Waals surface area contributed by atoms with Crippen molar-refractivity contribution in [2.24, 2.45) is 7.05 Å². The van der Waals surface area contributed by atoms with Gasteiger partial charge in [-0.1, -0.05) is 103 Å². The van der Waals surface area contributed by atoms with E-state index in [0.717, 1.165) is 41.0 Å². The summed E-state index contributed by atoms with van der Waals surface area (Å²) >= 11 is 1.54. The normalized spacial score (nSPS) is 10.9. The number of amides is 1. The van der Waals surface area contributed by atoms with Gasteiger partial charge in [-0.15, -0.1) is 0 Å². The fraction of sp³-hybridized carbons (Fsp3) is 0.281. The predicted octanol–water partition coefficient (Wildman–Crippen LogP) is 5.82. The highest BCUT2D eigenvalue weighted by Crippen LogP contribution is 2.19. The van der Waals surface area contributed by atoms with Crippen molar-refractivity contribution in [2.75, 3.05) is 12.3 Å². The zero-order valence-electron chi connectivity index (χ0n) is 22.2. The molecule has 0 saturated heterocycles. The number of benzene rings is 3. The Hall–Kier alpha value is -3.64. The lowest BCUT2D eigenvalue weighted by atomic mass is 10.1. The first-order valence-corrected chi connectivity index (χ1v) is 14.1. The molecule has 0 radical (unpaired) electrons. The summed E-state index contributed by atoms with van der Waals surface area (Å²) in [5.74, 6) is 0.878. The van der Waals surface area contributed by atoms with Gasteiger partial charge >= 0.3 is 0 Å². The second-order valence-corrected chi connectivity index (χ2v) is 10.5. The van der Waals surface area contributed by atoms with Crippen LogP contribution in [0.3, 0.4) is 0 Å². The first-order chi connectivity index (χ1) is 18.5. The van der Waals surface area contributed by atoms with Gasteiger partial charge in [-0.25, -0.2) is 4.98 Å². The number of rotatable bonds is 12. The molecule has 0 atom stereocenters. The first kappa shape index (κ1) is 27.4. The van der Waals surface area contributed by atoms with Crippen LogP contribution in [0.5, 0.6) is 0 Å². The van der Waals surface area contributed by atoms with E-state index >= 15 is 0 Å². The lowest BCUT2D eigenvalue weighted by molar-refractivity contribution is -0.131. The van der Waals surface area contributed by atoms with Gasteiger partial charge in [0.15, 0.2) is 5.16 Å². The minimum atomic E-state index is -0.00474. The Bertz CT molecular complexity index is 1370. The fourth-order valence-electron chi connectivity index (χ4n) is 4.41. The Balaban J connectivity index is 1.34. The molecule has 1 aromatic heterocycles. The molecule has 1 amide bonds. The molecule has 3 aromatic carbocycles. The molecule has 4 rings (SSSR count). The smallest absolute Gasteiger partial charge is 0.257 e. The van der Waals surface area contributed by atoms with E-state index in [1.54, 1.807) is 11.6 Å². The van der Waals surface area contributed by atoms with Crippen LogP contribution >= 0.6 is 11.8 Å². The summed E-state index contributed by atoms with van der Waals surface area (Å²) in [7, 11) is 1.78. The molecule has 196 valence electrons. The summed E-state index contributed by atoms with van der Waals surface area (Å²) in [5, 5.41) is 0.696. The number of hydrogen-bond donors (Lipinski definition) is 0. The van der Waals surface area contributed by atoms with Crippen LogP contribution in [0.15, 0.2) is 101 Å². The third-order valence-corrected chi connectivity index (χ3v) is 7.74. The molecular formula is C32H35N3O2S. The van der Waals surface area contributed by atoms with Crippen LogP contribution < -0.4 is 5.56 Å². The molecule has 0 saturated carbocycles. The molecule has 0 unspecified atom stereocenters. The monoisotopic (exact) mass is 525 g/mol. The molecule has 0 spiro atoms. The summed E-state index contributed by atoms with van der Waals surface area (Å²) in [6.07, 6.45) is 2.59. The van der Waals surface area contributed by atoms with E-state index in [4.69, 9.17) is 4.98 Å².